The maximum absolute atomic E-state index is 12.5. The summed E-state index contributed by atoms with van der Waals surface area (Å²) in [4.78, 5) is 27.6. The highest BCUT2D eigenvalue weighted by atomic mass is 32.2. The van der Waals surface area contributed by atoms with Gasteiger partial charge >= 0.3 is 5.51 Å². The summed E-state index contributed by atoms with van der Waals surface area (Å²) in [5.74, 6) is -0.466. The number of amides is 2. The number of rotatable bonds is 3. The van der Waals surface area contributed by atoms with E-state index >= 15 is 0 Å². The van der Waals surface area contributed by atoms with Crippen LogP contribution in [-0.2, 0) is 4.79 Å². The van der Waals surface area contributed by atoms with Gasteiger partial charge in [-0.1, -0.05) is 0 Å². The van der Waals surface area contributed by atoms with E-state index in [4.69, 9.17) is 0 Å². The van der Waals surface area contributed by atoms with Gasteiger partial charge in [-0.15, -0.1) is 0 Å². The molecular weight excluding hydrogens is 329 g/mol. The maximum Gasteiger partial charge on any atom is 0.446 e. The van der Waals surface area contributed by atoms with E-state index in [1.54, 1.807) is 14.1 Å². The molecule has 1 aromatic carbocycles. The standard InChI is InChI=1S/C15H17F3N2O2S/c1-19(2)14(22)12-4-3-9-20(12)13(21)10-5-7-11(8-6-10)23-15(16,17)18/h5-8,12H,3-4,9H2,1-2H3. The first kappa shape index (κ1) is 17.7. The molecule has 8 heteroatoms. The van der Waals surface area contributed by atoms with Gasteiger partial charge in [0.25, 0.3) is 5.91 Å². The van der Waals surface area contributed by atoms with Gasteiger partial charge in [0, 0.05) is 31.1 Å². The van der Waals surface area contributed by atoms with Crippen LogP contribution in [0.3, 0.4) is 0 Å². The summed E-state index contributed by atoms with van der Waals surface area (Å²) < 4.78 is 36.9. The number of benzene rings is 1. The van der Waals surface area contributed by atoms with Crippen LogP contribution in [0, 0.1) is 0 Å². The fourth-order valence-electron chi connectivity index (χ4n) is 2.53. The van der Waals surface area contributed by atoms with Gasteiger partial charge < -0.3 is 9.80 Å². The molecule has 0 spiro atoms. The fraction of sp³-hybridized carbons (Fsp3) is 0.467. The zero-order valence-electron chi connectivity index (χ0n) is 12.8. The van der Waals surface area contributed by atoms with Crippen molar-refractivity contribution in [2.24, 2.45) is 0 Å². The molecule has 1 atom stereocenters. The van der Waals surface area contributed by atoms with Crippen molar-refractivity contribution in [3.63, 3.8) is 0 Å². The lowest BCUT2D eigenvalue weighted by atomic mass is 10.1. The second-order valence-corrected chi connectivity index (χ2v) is 6.60. The van der Waals surface area contributed by atoms with E-state index in [1.807, 2.05) is 0 Å². The molecule has 0 radical (unpaired) electrons. The minimum atomic E-state index is -4.36. The molecule has 1 unspecified atom stereocenters. The normalized spacial score (nSPS) is 18.1. The lowest BCUT2D eigenvalue weighted by Crippen LogP contribution is -2.45. The van der Waals surface area contributed by atoms with Crippen molar-refractivity contribution >= 4 is 23.6 Å². The number of thioether (sulfide) groups is 1. The van der Waals surface area contributed by atoms with Gasteiger partial charge in [-0.25, -0.2) is 0 Å². The summed E-state index contributed by atoms with van der Waals surface area (Å²) in [6, 6.07) is 4.77. The summed E-state index contributed by atoms with van der Waals surface area (Å²) in [5, 5.41) is 0. The number of nitrogens with zero attached hydrogens (tertiary/aromatic N) is 2. The highest BCUT2D eigenvalue weighted by molar-refractivity contribution is 8.00. The van der Waals surface area contributed by atoms with Gasteiger partial charge in [0.2, 0.25) is 5.91 Å². The Kier molecular flexibility index (Phi) is 5.23. The monoisotopic (exact) mass is 346 g/mol. The molecule has 1 saturated heterocycles. The average Bonchev–Trinajstić information content (AvgIpc) is 2.94. The van der Waals surface area contributed by atoms with E-state index in [9.17, 15) is 22.8 Å². The molecule has 1 aromatic rings. The molecule has 0 aliphatic carbocycles. The smallest absolute Gasteiger partial charge is 0.347 e. The Bertz CT molecular complexity index is 587. The van der Waals surface area contributed by atoms with Crippen LogP contribution in [0.5, 0.6) is 0 Å². The predicted octanol–water partition coefficient (Wildman–Crippen LogP) is 2.99. The summed E-state index contributed by atoms with van der Waals surface area (Å²) >= 11 is -0.223. The number of halogens is 3. The number of likely N-dealkylation sites (N-methyl/N-ethyl adjacent to an activating group) is 1. The minimum absolute atomic E-state index is 0.0244. The molecule has 0 N–H and O–H groups in total. The zero-order valence-corrected chi connectivity index (χ0v) is 13.6. The van der Waals surface area contributed by atoms with E-state index in [1.165, 1.54) is 34.1 Å². The van der Waals surface area contributed by atoms with Crippen molar-refractivity contribution in [2.75, 3.05) is 20.6 Å². The lowest BCUT2D eigenvalue weighted by molar-refractivity contribution is -0.132. The van der Waals surface area contributed by atoms with Crippen LogP contribution < -0.4 is 0 Å². The first-order valence-corrected chi connectivity index (χ1v) is 7.88. The Morgan fingerprint density at radius 3 is 2.35 bits per heavy atom. The zero-order chi connectivity index (χ0) is 17.2. The third kappa shape index (κ3) is 4.40. The largest absolute Gasteiger partial charge is 0.446 e. The molecule has 1 aliphatic rings. The van der Waals surface area contributed by atoms with E-state index in [-0.39, 0.29) is 34.0 Å². The topological polar surface area (TPSA) is 40.6 Å². The van der Waals surface area contributed by atoms with E-state index in [0.29, 0.717) is 13.0 Å². The molecule has 1 aliphatic heterocycles. The number of hydrogen-bond donors (Lipinski definition) is 0. The molecule has 4 nitrogen and oxygen atoms in total. The van der Waals surface area contributed by atoms with Crippen molar-refractivity contribution in [3.05, 3.63) is 29.8 Å². The van der Waals surface area contributed by atoms with Gasteiger partial charge in [-0.2, -0.15) is 13.2 Å². The van der Waals surface area contributed by atoms with Crippen molar-refractivity contribution in [3.8, 4) is 0 Å². The Hall–Kier alpha value is -1.70. The van der Waals surface area contributed by atoms with Crippen molar-refractivity contribution < 1.29 is 22.8 Å². The second-order valence-electron chi connectivity index (χ2n) is 5.46. The Morgan fingerprint density at radius 1 is 1.22 bits per heavy atom. The van der Waals surface area contributed by atoms with Crippen LogP contribution in [0.2, 0.25) is 0 Å². The van der Waals surface area contributed by atoms with Crippen LogP contribution in [0.4, 0.5) is 13.2 Å². The molecule has 23 heavy (non-hydrogen) atoms. The molecule has 0 bridgehead atoms. The summed E-state index contributed by atoms with van der Waals surface area (Å²) in [6.07, 6.45) is 1.34. The third-order valence-electron chi connectivity index (χ3n) is 3.57. The van der Waals surface area contributed by atoms with Crippen molar-refractivity contribution in [1.29, 1.82) is 0 Å². The van der Waals surface area contributed by atoms with Crippen molar-refractivity contribution in [1.82, 2.24) is 9.80 Å². The SMILES string of the molecule is CN(C)C(=O)C1CCCN1C(=O)c1ccc(SC(F)(F)F)cc1. The summed E-state index contributed by atoms with van der Waals surface area (Å²) in [5.41, 5.74) is -4.07. The first-order chi connectivity index (χ1) is 10.7. The molecular formula is C15H17F3N2O2S. The number of hydrogen-bond acceptors (Lipinski definition) is 3. The van der Waals surface area contributed by atoms with E-state index in [2.05, 4.69) is 0 Å². The van der Waals surface area contributed by atoms with Crippen molar-refractivity contribution in [2.45, 2.75) is 29.3 Å². The Balaban J connectivity index is 2.12. The molecule has 0 saturated carbocycles. The maximum atomic E-state index is 12.5. The molecule has 126 valence electrons. The number of alkyl halides is 3. The average molecular weight is 346 g/mol. The van der Waals surface area contributed by atoms with Crippen LogP contribution in [0.15, 0.2) is 29.2 Å². The highest BCUT2D eigenvalue weighted by Crippen LogP contribution is 2.36. The van der Waals surface area contributed by atoms with Crippen LogP contribution in [0.25, 0.3) is 0 Å². The van der Waals surface area contributed by atoms with Gasteiger partial charge in [0.1, 0.15) is 6.04 Å². The summed E-state index contributed by atoms with van der Waals surface area (Å²) in [7, 11) is 3.26. The molecule has 2 amide bonds. The molecule has 1 heterocycles. The minimum Gasteiger partial charge on any atom is -0.347 e. The number of carbonyl (C=O) groups excluding carboxylic acids is 2. The molecule has 2 rings (SSSR count). The first-order valence-electron chi connectivity index (χ1n) is 7.07. The summed E-state index contributed by atoms with van der Waals surface area (Å²) in [6.45, 7) is 0.474. The molecule has 1 fully saturated rings. The quantitative estimate of drug-likeness (QED) is 0.790. The Morgan fingerprint density at radius 2 is 1.83 bits per heavy atom. The van der Waals surface area contributed by atoms with Crippen LogP contribution in [-0.4, -0.2) is 53.8 Å². The third-order valence-corrected chi connectivity index (χ3v) is 4.31. The molecule has 0 aromatic heterocycles. The Labute approximate surface area is 136 Å². The van der Waals surface area contributed by atoms with Gasteiger partial charge in [0.15, 0.2) is 0 Å². The lowest BCUT2D eigenvalue weighted by Gasteiger charge is -2.26. The van der Waals surface area contributed by atoms with Gasteiger partial charge in [-0.3, -0.25) is 9.59 Å². The number of likely N-dealkylation sites (tertiary alicyclic amines) is 1. The van der Waals surface area contributed by atoms with Crippen LogP contribution >= 0.6 is 11.8 Å². The van der Waals surface area contributed by atoms with E-state index < -0.39 is 11.6 Å². The second kappa shape index (κ2) is 6.82. The number of carbonyl (C=O) groups is 2. The van der Waals surface area contributed by atoms with Crippen LogP contribution in [0.1, 0.15) is 23.2 Å². The highest BCUT2D eigenvalue weighted by Gasteiger charge is 2.35. The van der Waals surface area contributed by atoms with Gasteiger partial charge in [-0.05, 0) is 48.9 Å². The van der Waals surface area contributed by atoms with E-state index in [0.717, 1.165) is 6.42 Å². The predicted molar refractivity (Wildman–Crippen MR) is 81.1 cm³/mol. The fourth-order valence-corrected chi connectivity index (χ4v) is 3.07. The van der Waals surface area contributed by atoms with Gasteiger partial charge in [0.05, 0.1) is 0 Å².